The molecule has 1 aliphatic heterocycles. The van der Waals surface area contributed by atoms with E-state index in [1.54, 1.807) is 18.3 Å². The Balaban J connectivity index is 1.75. The van der Waals surface area contributed by atoms with Crippen molar-refractivity contribution < 1.29 is 14.3 Å². The zero-order chi connectivity index (χ0) is 17.1. The van der Waals surface area contributed by atoms with Gasteiger partial charge in [0.2, 0.25) is 11.8 Å². The molecule has 0 aliphatic carbocycles. The van der Waals surface area contributed by atoms with Gasteiger partial charge in [-0.15, -0.1) is 0 Å². The summed E-state index contributed by atoms with van der Waals surface area (Å²) >= 11 is 0. The van der Waals surface area contributed by atoms with Crippen molar-refractivity contribution in [3.63, 3.8) is 0 Å². The number of aromatic nitrogens is 1. The van der Waals surface area contributed by atoms with Crippen LogP contribution in [-0.4, -0.2) is 23.4 Å². The fourth-order valence-corrected chi connectivity index (χ4v) is 2.69. The van der Waals surface area contributed by atoms with Gasteiger partial charge >= 0.3 is 0 Å². The van der Waals surface area contributed by atoms with Crippen molar-refractivity contribution in [2.75, 3.05) is 11.9 Å². The van der Waals surface area contributed by atoms with Gasteiger partial charge in [0, 0.05) is 11.9 Å². The van der Waals surface area contributed by atoms with Crippen LogP contribution in [0.25, 0.3) is 0 Å². The van der Waals surface area contributed by atoms with Gasteiger partial charge in [0.1, 0.15) is 5.56 Å². The first-order valence-electron chi connectivity index (χ1n) is 7.90. The van der Waals surface area contributed by atoms with Gasteiger partial charge in [0.25, 0.3) is 5.91 Å². The number of carbonyl (C=O) groups excluding carboxylic acids is 2. The smallest absolute Gasteiger partial charge is 0.257 e. The summed E-state index contributed by atoms with van der Waals surface area (Å²) < 4.78 is 5.40. The third-order valence-electron chi connectivity index (χ3n) is 3.90. The highest BCUT2D eigenvalue weighted by Crippen LogP contribution is 2.26. The average Bonchev–Trinajstić information content (AvgIpc) is 2.94. The van der Waals surface area contributed by atoms with Crippen LogP contribution in [0.15, 0.2) is 36.5 Å². The standard InChI is InChI=1S/C18H19N3O3/c1-3-24-18-14(5-4-8-19-18)17(23)20-11(2)12-6-7-15-13(9-12)10-16(22)21-15/h4-9,11H,3,10H2,1-2H3,(H,20,23)(H,21,22)/t11-/m1/s1. The summed E-state index contributed by atoms with van der Waals surface area (Å²) in [6, 6.07) is 8.91. The molecule has 0 spiro atoms. The first-order valence-corrected chi connectivity index (χ1v) is 7.90. The molecular weight excluding hydrogens is 306 g/mol. The molecule has 0 radical (unpaired) electrons. The van der Waals surface area contributed by atoms with E-state index >= 15 is 0 Å². The number of nitrogens with one attached hydrogen (secondary N) is 2. The van der Waals surface area contributed by atoms with E-state index in [2.05, 4.69) is 15.6 Å². The number of anilines is 1. The Bertz CT molecular complexity index is 789. The lowest BCUT2D eigenvalue weighted by molar-refractivity contribution is -0.115. The molecule has 2 aromatic rings. The Morgan fingerprint density at radius 3 is 3.04 bits per heavy atom. The zero-order valence-electron chi connectivity index (χ0n) is 13.6. The molecule has 124 valence electrons. The number of pyridine rings is 1. The maximum Gasteiger partial charge on any atom is 0.257 e. The minimum absolute atomic E-state index is 0.00412. The summed E-state index contributed by atoms with van der Waals surface area (Å²) in [6.45, 7) is 4.19. The Morgan fingerprint density at radius 1 is 1.42 bits per heavy atom. The maximum absolute atomic E-state index is 12.5. The van der Waals surface area contributed by atoms with E-state index in [4.69, 9.17) is 4.74 Å². The molecule has 0 saturated heterocycles. The monoisotopic (exact) mass is 325 g/mol. The Morgan fingerprint density at radius 2 is 2.25 bits per heavy atom. The third-order valence-corrected chi connectivity index (χ3v) is 3.90. The molecule has 1 aliphatic rings. The Hall–Kier alpha value is -2.89. The first-order chi connectivity index (χ1) is 11.6. The topological polar surface area (TPSA) is 80.3 Å². The number of ether oxygens (including phenoxy) is 1. The van der Waals surface area contributed by atoms with Crippen LogP contribution in [0.5, 0.6) is 5.88 Å². The van der Waals surface area contributed by atoms with Gasteiger partial charge in [-0.1, -0.05) is 12.1 Å². The van der Waals surface area contributed by atoms with E-state index in [9.17, 15) is 9.59 Å². The SMILES string of the molecule is CCOc1ncccc1C(=O)N[C@H](C)c1ccc2c(c1)CC(=O)N2. The Labute approximate surface area is 140 Å². The van der Waals surface area contributed by atoms with Crippen LogP contribution < -0.4 is 15.4 Å². The van der Waals surface area contributed by atoms with Gasteiger partial charge in [-0.2, -0.15) is 0 Å². The summed E-state index contributed by atoms with van der Waals surface area (Å²) in [7, 11) is 0. The number of benzene rings is 1. The minimum atomic E-state index is -0.242. The number of hydrogen-bond acceptors (Lipinski definition) is 4. The summed E-state index contributed by atoms with van der Waals surface area (Å²) in [5, 5.41) is 5.75. The number of nitrogens with zero attached hydrogens (tertiary/aromatic N) is 1. The van der Waals surface area contributed by atoms with Crippen LogP contribution in [0, 0.1) is 0 Å². The summed E-state index contributed by atoms with van der Waals surface area (Å²) in [5.41, 5.74) is 3.15. The van der Waals surface area contributed by atoms with E-state index in [1.165, 1.54) is 0 Å². The lowest BCUT2D eigenvalue weighted by Crippen LogP contribution is -2.27. The van der Waals surface area contributed by atoms with E-state index in [0.717, 1.165) is 16.8 Å². The molecule has 0 bridgehead atoms. The highest BCUT2D eigenvalue weighted by Gasteiger charge is 2.20. The van der Waals surface area contributed by atoms with Crippen molar-refractivity contribution >= 4 is 17.5 Å². The van der Waals surface area contributed by atoms with Gasteiger partial charge in [0.05, 0.1) is 19.1 Å². The maximum atomic E-state index is 12.5. The highest BCUT2D eigenvalue weighted by atomic mass is 16.5. The molecule has 1 atom stereocenters. The van der Waals surface area contributed by atoms with Crippen LogP contribution >= 0.6 is 0 Å². The quantitative estimate of drug-likeness (QED) is 0.885. The summed E-state index contributed by atoms with van der Waals surface area (Å²) in [5.74, 6) is 0.0813. The molecule has 3 rings (SSSR count). The molecule has 0 saturated carbocycles. The van der Waals surface area contributed by atoms with Crippen molar-refractivity contribution in [3.05, 3.63) is 53.2 Å². The van der Waals surface area contributed by atoms with E-state index in [-0.39, 0.29) is 17.9 Å². The van der Waals surface area contributed by atoms with Crippen molar-refractivity contribution in [2.45, 2.75) is 26.3 Å². The van der Waals surface area contributed by atoms with Gasteiger partial charge in [-0.05, 0) is 43.2 Å². The van der Waals surface area contributed by atoms with Crippen molar-refractivity contribution in [3.8, 4) is 5.88 Å². The molecular formula is C18H19N3O3. The average molecular weight is 325 g/mol. The summed E-state index contributed by atoms with van der Waals surface area (Å²) in [6.07, 6.45) is 1.97. The second kappa shape index (κ2) is 6.70. The van der Waals surface area contributed by atoms with Gasteiger partial charge in [0.15, 0.2) is 0 Å². The zero-order valence-corrected chi connectivity index (χ0v) is 13.6. The van der Waals surface area contributed by atoms with Crippen molar-refractivity contribution in [1.82, 2.24) is 10.3 Å². The molecule has 2 heterocycles. The van der Waals surface area contributed by atoms with Crippen LogP contribution in [0.3, 0.4) is 0 Å². The second-order valence-corrected chi connectivity index (χ2v) is 5.63. The minimum Gasteiger partial charge on any atom is -0.477 e. The van der Waals surface area contributed by atoms with E-state index in [0.29, 0.717) is 24.5 Å². The van der Waals surface area contributed by atoms with Gasteiger partial charge in [-0.25, -0.2) is 4.98 Å². The molecule has 24 heavy (non-hydrogen) atoms. The number of fused-ring (bicyclic) bond motifs is 1. The fourth-order valence-electron chi connectivity index (χ4n) is 2.69. The molecule has 6 nitrogen and oxygen atoms in total. The fraction of sp³-hybridized carbons (Fsp3) is 0.278. The van der Waals surface area contributed by atoms with E-state index in [1.807, 2.05) is 32.0 Å². The Kier molecular flexibility index (Phi) is 4.46. The van der Waals surface area contributed by atoms with Crippen LogP contribution in [-0.2, 0) is 11.2 Å². The number of hydrogen-bond donors (Lipinski definition) is 2. The van der Waals surface area contributed by atoms with Gasteiger partial charge in [-0.3, -0.25) is 9.59 Å². The molecule has 2 amide bonds. The molecule has 0 unspecified atom stereocenters. The number of carbonyl (C=O) groups is 2. The van der Waals surface area contributed by atoms with Gasteiger partial charge < -0.3 is 15.4 Å². The molecule has 1 aromatic carbocycles. The normalized spacial score (nSPS) is 13.8. The van der Waals surface area contributed by atoms with E-state index < -0.39 is 0 Å². The first kappa shape index (κ1) is 16.0. The number of amides is 2. The predicted molar refractivity (Wildman–Crippen MR) is 90.1 cm³/mol. The largest absolute Gasteiger partial charge is 0.477 e. The number of rotatable bonds is 5. The lowest BCUT2D eigenvalue weighted by atomic mass is 10.0. The van der Waals surface area contributed by atoms with Crippen molar-refractivity contribution in [1.29, 1.82) is 0 Å². The highest BCUT2D eigenvalue weighted by molar-refractivity contribution is 5.99. The van der Waals surface area contributed by atoms with Crippen LogP contribution in [0.4, 0.5) is 5.69 Å². The van der Waals surface area contributed by atoms with Crippen LogP contribution in [0.2, 0.25) is 0 Å². The summed E-state index contributed by atoms with van der Waals surface area (Å²) in [4.78, 5) is 28.0. The predicted octanol–water partition coefficient (Wildman–Crippen LogP) is 2.47. The van der Waals surface area contributed by atoms with Crippen LogP contribution in [0.1, 0.15) is 41.4 Å². The molecule has 2 N–H and O–H groups in total. The lowest BCUT2D eigenvalue weighted by Gasteiger charge is -2.16. The molecule has 1 aromatic heterocycles. The third kappa shape index (κ3) is 3.22. The second-order valence-electron chi connectivity index (χ2n) is 5.63. The molecule has 6 heteroatoms. The van der Waals surface area contributed by atoms with Crippen molar-refractivity contribution in [2.24, 2.45) is 0 Å². The molecule has 0 fully saturated rings.